The van der Waals surface area contributed by atoms with Crippen LogP contribution in [0, 0.1) is 6.92 Å². The van der Waals surface area contributed by atoms with E-state index in [2.05, 4.69) is 32.8 Å². The Kier molecular flexibility index (Phi) is 4.46. The third-order valence-corrected chi connectivity index (χ3v) is 5.47. The highest BCUT2D eigenvalue weighted by Crippen LogP contribution is 2.30. The van der Waals surface area contributed by atoms with Gasteiger partial charge in [-0.2, -0.15) is 0 Å². The number of hydrogen-bond acceptors (Lipinski definition) is 6. The highest BCUT2D eigenvalue weighted by atomic mass is 32.1. The maximum Gasteiger partial charge on any atom is 0.152 e. The van der Waals surface area contributed by atoms with E-state index < -0.39 is 0 Å². The Labute approximate surface area is 172 Å². The van der Waals surface area contributed by atoms with Crippen LogP contribution in [0.4, 0.5) is 11.5 Å². The van der Waals surface area contributed by atoms with Gasteiger partial charge in [0.2, 0.25) is 0 Å². The maximum absolute atomic E-state index is 4.78. The van der Waals surface area contributed by atoms with Gasteiger partial charge in [0.15, 0.2) is 5.82 Å². The number of benzene rings is 2. The van der Waals surface area contributed by atoms with E-state index in [0.29, 0.717) is 0 Å². The molecular formula is C23H17N5S. The standard InChI is InChI=1S/C23H17N5S/c1-15-22(27-20-10-3-2-9-19(20)25-15)26-18-8-4-6-16(12-18)21-14-29-23(28-21)17-7-5-11-24-13-17/h2-14H,1H3,(H,26,27). The van der Waals surface area contributed by atoms with Crippen molar-refractivity contribution in [3.8, 4) is 21.8 Å². The maximum atomic E-state index is 4.78. The molecule has 140 valence electrons. The van der Waals surface area contributed by atoms with Crippen LogP contribution in [-0.4, -0.2) is 19.9 Å². The summed E-state index contributed by atoms with van der Waals surface area (Å²) in [5.41, 5.74) is 6.60. The zero-order chi connectivity index (χ0) is 19.6. The monoisotopic (exact) mass is 395 g/mol. The Balaban J connectivity index is 1.45. The first-order chi connectivity index (χ1) is 14.3. The summed E-state index contributed by atoms with van der Waals surface area (Å²) in [5, 5.41) is 6.44. The topological polar surface area (TPSA) is 63.6 Å². The fourth-order valence-electron chi connectivity index (χ4n) is 3.13. The smallest absolute Gasteiger partial charge is 0.152 e. The molecule has 6 heteroatoms. The summed E-state index contributed by atoms with van der Waals surface area (Å²) in [6.45, 7) is 1.96. The molecule has 5 rings (SSSR count). The van der Waals surface area contributed by atoms with Crippen LogP contribution < -0.4 is 5.32 Å². The summed E-state index contributed by atoms with van der Waals surface area (Å²) in [6.07, 6.45) is 3.60. The van der Waals surface area contributed by atoms with E-state index in [1.54, 1.807) is 17.5 Å². The molecule has 0 radical (unpaired) electrons. The molecule has 0 atom stereocenters. The number of rotatable bonds is 4. The summed E-state index contributed by atoms with van der Waals surface area (Å²) in [4.78, 5) is 18.3. The first kappa shape index (κ1) is 17.5. The number of aromatic nitrogens is 4. The molecule has 0 bridgehead atoms. The van der Waals surface area contributed by atoms with Gasteiger partial charge in [0.25, 0.3) is 0 Å². The lowest BCUT2D eigenvalue weighted by molar-refractivity contribution is 1.18. The predicted molar refractivity (Wildman–Crippen MR) is 118 cm³/mol. The molecule has 2 aromatic carbocycles. The van der Waals surface area contributed by atoms with E-state index in [1.807, 2.05) is 61.7 Å². The second kappa shape index (κ2) is 7.41. The molecule has 1 N–H and O–H groups in total. The van der Waals surface area contributed by atoms with Crippen LogP contribution in [0.5, 0.6) is 0 Å². The van der Waals surface area contributed by atoms with Gasteiger partial charge in [-0.1, -0.05) is 24.3 Å². The van der Waals surface area contributed by atoms with Crippen molar-refractivity contribution in [1.82, 2.24) is 19.9 Å². The van der Waals surface area contributed by atoms with Crippen LogP contribution in [0.25, 0.3) is 32.9 Å². The number of fused-ring (bicyclic) bond motifs is 1. The number of aryl methyl sites for hydroxylation is 1. The average molecular weight is 395 g/mol. The quantitative estimate of drug-likeness (QED) is 0.412. The zero-order valence-corrected chi connectivity index (χ0v) is 16.5. The van der Waals surface area contributed by atoms with Gasteiger partial charge in [-0.3, -0.25) is 4.98 Å². The van der Waals surface area contributed by atoms with Gasteiger partial charge in [0.1, 0.15) is 5.01 Å². The van der Waals surface area contributed by atoms with Crippen LogP contribution in [-0.2, 0) is 0 Å². The minimum atomic E-state index is 0.759. The van der Waals surface area contributed by atoms with E-state index in [0.717, 1.165) is 50.1 Å². The molecule has 3 aromatic heterocycles. The van der Waals surface area contributed by atoms with E-state index >= 15 is 0 Å². The van der Waals surface area contributed by atoms with Crippen molar-refractivity contribution in [2.75, 3.05) is 5.32 Å². The van der Waals surface area contributed by atoms with Crippen LogP contribution >= 0.6 is 11.3 Å². The average Bonchev–Trinajstić information content (AvgIpc) is 3.26. The number of para-hydroxylation sites is 2. The van der Waals surface area contributed by atoms with Crippen LogP contribution in [0.2, 0.25) is 0 Å². The molecule has 3 heterocycles. The summed E-state index contributed by atoms with van der Waals surface area (Å²) in [6, 6.07) is 20.0. The molecule has 0 fully saturated rings. The normalized spacial score (nSPS) is 10.9. The lowest BCUT2D eigenvalue weighted by Gasteiger charge is -2.10. The van der Waals surface area contributed by atoms with Gasteiger partial charge in [-0.25, -0.2) is 15.0 Å². The number of pyridine rings is 1. The van der Waals surface area contributed by atoms with Gasteiger partial charge in [-0.05, 0) is 43.3 Å². The van der Waals surface area contributed by atoms with Crippen molar-refractivity contribution in [2.45, 2.75) is 6.92 Å². The van der Waals surface area contributed by atoms with Crippen molar-refractivity contribution < 1.29 is 0 Å². The Morgan fingerprint density at radius 1 is 0.828 bits per heavy atom. The van der Waals surface area contributed by atoms with Crippen molar-refractivity contribution in [3.63, 3.8) is 0 Å². The second-order valence-corrected chi connectivity index (χ2v) is 7.49. The van der Waals surface area contributed by atoms with Crippen molar-refractivity contribution >= 4 is 33.9 Å². The SMILES string of the molecule is Cc1nc2ccccc2nc1Nc1cccc(-c2csc(-c3cccnc3)n2)c1. The van der Waals surface area contributed by atoms with Crippen molar-refractivity contribution in [1.29, 1.82) is 0 Å². The highest BCUT2D eigenvalue weighted by molar-refractivity contribution is 7.13. The molecule has 0 unspecified atom stereocenters. The van der Waals surface area contributed by atoms with Crippen LogP contribution in [0.3, 0.4) is 0 Å². The third-order valence-electron chi connectivity index (χ3n) is 4.58. The molecular weight excluding hydrogens is 378 g/mol. The van der Waals surface area contributed by atoms with Gasteiger partial charge in [0, 0.05) is 34.6 Å². The molecule has 0 aliphatic heterocycles. The van der Waals surface area contributed by atoms with Gasteiger partial charge in [-0.15, -0.1) is 11.3 Å². The summed E-state index contributed by atoms with van der Waals surface area (Å²) in [7, 11) is 0. The molecule has 0 amide bonds. The second-order valence-electron chi connectivity index (χ2n) is 6.63. The Morgan fingerprint density at radius 2 is 1.66 bits per heavy atom. The fraction of sp³-hybridized carbons (Fsp3) is 0.0435. The largest absolute Gasteiger partial charge is 0.339 e. The molecule has 0 saturated heterocycles. The van der Waals surface area contributed by atoms with Crippen molar-refractivity contribution in [2.24, 2.45) is 0 Å². The minimum absolute atomic E-state index is 0.759. The summed E-state index contributed by atoms with van der Waals surface area (Å²) in [5.74, 6) is 0.759. The van der Waals surface area contributed by atoms with Crippen molar-refractivity contribution in [3.05, 3.63) is 84.1 Å². The molecule has 5 aromatic rings. The molecule has 0 spiro atoms. The zero-order valence-electron chi connectivity index (χ0n) is 15.7. The molecule has 0 saturated carbocycles. The van der Waals surface area contributed by atoms with E-state index in [-0.39, 0.29) is 0 Å². The van der Waals surface area contributed by atoms with Crippen LogP contribution in [0.1, 0.15) is 5.69 Å². The molecule has 0 aliphatic rings. The third kappa shape index (κ3) is 3.58. The first-order valence-electron chi connectivity index (χ1n) is 9.23. The summed E-state index contributed by atoms with van der Waals surface area (Å²) >= 11 is 1.62. The summed E-state index contributed by atoms with van der Waals surface area (Å²) < 4.78 is 0. The molecule has 5 nitrogen and oxygen atoms in total. The van der Waals surface area contributed by atoms with Gasteiger partial charge < -0.3 is 5.32 Å². The Morgan fingerprint density at radius 3 is 2.48 bits per heavy atom. The first-order valence-corrected chi connectivity index (χ1v) is 10.1. The predicted octanol–water partition coefficient (Wildman–Crippen LogP) is 5.87. The minimum Gasteiger partial charge on any atom is -0.339 e. The lowest BCUT2D eigenvalue weighted by Crippen LogP contribution is -1.99. The number of thiazole rings is 1. The molecule has 29 heavy (non-hydrogen) atoms. The Bertz CT molecular complexity index is 1300. The van der Waals surface area contributed by atoms with Gasteiger partial charge >= 0.3 is 0 Å². The van der Waals surface area contributed by atoms with E-state index in [9.17, 15) is 0 Å². The number of hydrogen-bond donors (Lipinski definition) is 1. The molecule has 0 aliphatic carbocycles. The van der Waals surface area contributed by atoms with Gasteiger partial charge in [0.05, 0.1) is 22.4 Å². The fourth-order valence-corrected chi connectivity index (χ4v) is 3.95. The van der Waals surface area contributed by atoms with E-state index in [4.69, 9.17) is 9.97 Å². The highest BCUT2D eigenvalue weighted by Gasteiger charge is 2.09. The number of nitrogens with one attached hydrogen (secondary N) is 1. The van der Waals surface area contributed by atoms with E-state index in [1.165, 1.54) is 0 Å². The lowest BCUT2D eigenvalue weighted by atomic mass is 10.1. The number of anilines is 2. The Hall–Kier alpha value is -3.64. The number of nitrogens with zero attached hydrogens (tertiary/aromatic N) is 4. The van der Waals surface area contributed by atoms with Crippen LogP contribution in [0.15, 0.2) is 78.4 Å².